The van der Waals surface area contributed by atoms with Gasteiger partial charge in [0, 0.05) is 19.0 Å². The van der Waals surface area contributed by atoms with E-state index in [0.29, 0.717) is 38.3 Å². The number of carbonyl (C=O) groups is 2. The predicted octanol–water partition coefficient (Wildman–Crippen LogP) is 2.46. The van der Waals surface area contributed by atoms with Crippen LogP contribution in [0.25, 0.3) is 0 Å². The third-order valence-electron chi connectivity index (χ3n) is 6.26. The van der Waals surface area contributed by atoms with E-state index in [2.05, 4.69) is 12.1 Å². The van der Waals surface area contributed by atoms with E-state index in [9.17, 15) is 14.7 Å². The van der Waals surface area contributed by atoms with Crippen LogP contribution < -0.4 is 5.48 Å². The van der Waals surface area contributed by atoms with Gasteiger partial charge in [0.2, 0.25) is 11.8 Å². The highest BCUT2D eigenvalue weighted by molar-refractivity contribution is 5.87. The molecule has 1 saturated heterocycles. The maximum absolute atomic E-state index is 13.2. The second-order valence-corrected chi connectivity index (χ2v) is 8.09. The van der Waals surface area contributed by atoms with Gasteiger partial charge < -0.3 is 10.0 Å². The van der Waals surface area contributed by atoms with Gasteiger partial charge in [-0.3, -0.25) is 14.8 Å². The molecule has 2 aliphatic rings. The maximum Gasteiger partial charge on any atom is 0.247 e. The molecule has 0 radical (unpaired) electrons. The molecular weight excluding hydrogens is 344 g/mol. The number of benzene rings is 1. The number of nitrogens with zero attached hydrogens (tertiary/aromatic N) is 1. The second-order valence-electron chi connectivity index (χ2n) is 8.09. The topological polar surface area (TPSA) is 89.9 Å². The minimum atomic E-state index is -0.930. The lowest BCUT2D eigenvalue weighted by atomic mass is 9.69. The summed E-state index contributed by atoms with van der Waals surface area (Å²) in [5.74, 6) is -1.45. The summed E-state index contributed by atoms with van der Waals surface area (Å²) >= 11 is 0. The Balaban J connectivity index is 1.70. The fourth-order valence-electron chi connectivity index (χ4n) is 4.82. The van der Waals surface area contributed by atoms with Gasteiger partial charge in [-0.15, -0.1) is 0 Å². The summed E-state index contributed by atoms with van der Waals surface area (Å²) in [6.07, 6.45) is 3.54. The molecule has 1 aliphatic heterocycles. The molecule has 0 unspecified atom stereocenters. The molecule has 3 N–H and O–H groups in total. The van der Waals surface area contributed by atoms with Gasteiger partial charge in [-0.1, -0.05) is 43.7 Å². The molecule has 0 spiro atoms. The van der Waals surface area contributed by atoms with E-state index in [1.807, 2.05) is 30.0 Å². The van der Waals surface area contributed by atoms with Gasteiger partial charge >= 0.3 is 0 Å². The van der Waals surface area contributed by atoms with E-state index in [-0.39, 0.29) is 12.3 Å². The number of hydrogen-bond acceptors (Lipinski definition) is 4. The molecule has 1 aromatic rings. The molecule has 4 atom stereocenters. The molecule has 2 amide bonds. The zero-order valence-corrected chi connectivity index (χ0v) is 15.9. The van der Waals surface area contributed by atoms with Gasteiger partial charge in [0.25, 0.3) is 0 Å². The molecule has 1 heterocycles. The molecule has 0 bridgehead atoms. The van der Waals surface area contributed by atoms with E-state index in [0.717, 1.165) is 12.8 Å². The number of nitrogens with one attached hydrogen (secondary N) is 1. The van der Waals surface area contributed by atoms with E-state index in [4.69, 9.17) is 5.21 Å². The molecule has 0 aromatic heterocycles. The number of likely N-dealkylation sites (tertiary alicyclic amines) is 1. The largest absolute Gasteiger partial charge is 0.390 e. The first-order valence-corrected chi connectivity index (χ1v) is 9.97. The Morgan fingerprint density at radius 2 is 1.96 bits per heavy atom. The van der Waals surface area contributed by atoms with Crippen molar-refractivity contribution in [2.24, 2.45) is 11.8 Å². The number of amides is 2. The predicted molar refractivity (Wildman–Crippen MR) is 101 cm³/mol. The monoisotopic (exact) mass is 374 g/mol. The molecule has 1 aromatic carbocycles. The summed E-state index contributed by atoms with van der Waals surface area (Å²) in [5, 5.41) is 19.9. The third-order valence-corrected chi connectivity index (χ3v) is 6.26. The summed E-state index contributed by atoms with van der Waals surface area (Å²) in [6.45, 7) is 3.33. The van der Waals surface area contributed by atoms with Crippen molar-refractivity contribution < 1.29 is 19.9 Å². The molecule has 27 heavy (non-hydrogen) atoms. The quantitative estimate of drug-likeness (QED) is 0.545. The molecule has 6 heteroatoms. The molecule has 1 aliphatic carbocycles. The number of hydroxylamine groups is 1. The van der Waals surface area contributed by atoms with Crippen LogP contribution in [0.4, 0.5) is 0 Å². The normalized spacial score (nSPS) is 30.9. The molecule has 2 fully saturated rings. The summed E-state index contributed by atoms with van der Waals surface area (Å²) in [6, 6.07) is 10.2. The van der Waals surface area contributed by atoms with E-state index in [1.165, 1.54) is 5.56 Å². The molecule has 6 nitrogen and oxygen atoms in total. The van der Waals surface area contributed by atoms with Crippen molar-refractivity contribution in [3.8, 4) is 0 Å². The SMILES string of the molecule is CCC[C@@]1(O)CC[C@H](C(=O)N2CC[C@H](c3ccccc3)C2)[C@@H](C(=O)NO)C1. The first-order valence-electron chi connectivity index (χ1n) is 9.97. The van der Waals surface area contributed by atoms with Crippen LogP contribution in [0.3, 0.4) is 0 Å². The highest BCUT2D eigenvalue weighted by Crippen LogP contribution is 2.41. The number of rotatable bonds is 5. The maximum atomic E-state index is 13.2. The van der Waals surface area contributed by atoms with Gasteiger partial charge in [0.1, 0.15) is 0 Å². The minimum absolute atomic E-state index is 0.0272. The molecule has 1 saturated carbocycles. The van der Waals surface area contributed by atoms with Crippen LogP contribution >= 0.6 is 0 Å². The van der Waals surface area contributed by atoms with Crippen molar-refractivity contribution in [1.29, 1.82) is 0 Å². The fourth-order valence-corrected chi connectivity index (χ4v) is 4.82. The van der Waals surface area contributed by atoms with Crippen LogP contribution in [-0.2, 0) is 9.59 Å². The summed E-state index contributed by atoms with van der Waals surface area (Å²) in [5.41, 5.74) is 2.01. The lowest BCUT2D eigenvalue weighted by Crippen LogP contribution is -2.50. The van der Waals surface area contributed by atoms with Gasteiger partial charge in [0.05, 0.1) is 17.4 Å². The number of carbonyl (C=O) groups excluding carboxylic acids is 2. The van der Waals surface area contributed by atoms with E-state index >= 15 is 0 Å². The zero-order chi connectivity index (χ0) is 19.4. The van der Waals surface area contributed by atoms with Crippen LogP contribution in [0, 0.1) is 11.8 Å². The van der Waals surface area contributed by atoms with Crippen molar-refractivity contribution in [3.05, 3.63) is 35.9 Å². The Morgan fingerprint density at radius 3 is 2.63 bits per heavy atom. The zero-order valence-electron chi connectivity index (χ0n) is 15.9. The van der Waals surface area contributed by atoms with Crippen LogP contribution in [0.2, 0.25) is 0 Å². The summed E-state index contributed by atoms with van der Waals surface area (Å²) in [7, 11) is 0. The first-order chi connectivity index (χ1) is 13.0. The van der Waals surface area contributed by atoms with Gasteiger partial charge in [-0.05, 0) is 37.7 Å². The Morgan fingerprint density at radius 1 is 1.22 bits per heavy atom. The first kappa shape index (κ1) is 19.8. The van der Waals surface area contributed by atoms with Crippen molar-refractivity contribution in [1.82, 2.24) is 10.4 Å². The van der Waals surface area contributed by atoms with Gasteiger partial charge in [-0.25, -0.2) is 5.48 Å². The summed E-state index contributed by atoms with van der Waals surface area (Å²) in [4.78, 5) is 27.2. The van der Waals surface area contributed by atoms with Gasteiger partial charge in [-0.2, -0.15) is 0 Å². The van der Waals surface area contributed by atoms with E-state index < -0.39 is 23.3 Å². The molecular formula is C21H30N2O4. The van der Waals surface area contributed by atoms with Crippen LogP contribution in [0.15, 0.2) is 30.3 Å². The van der Waals surface area contributed by atoms with Crippen molar-refractivity contribution in [3.63, 3.8) is 0 Å². The molecule has 148 valence electrons. The van der Waals surface area contributed by atoms with E-state index in [1.54, 1.807) is 5.48 Å². The number of hydrogen-bond donors (Lipinski definition) is 3. The van der Waals surface area contributed by atoms with Crippen LogP contribution in [0.5, 0.6) is 0 Å². The Hall–Kier alpha value is -1.92. The average Bonchev–Trinajstić information content (AvgIpc) is 3.18. The van der Waals surface area contributed by atoms with Crippen molar-refractivity contribution in [2.75, 3.05) is 13.1 Å². The van der Waals surface area contributed by atoms with Gasteiger partial charge in [0.15, 0.2) is 0 Å². The minimum Gasteiger partial charge on any atom is -0.390 e. The Labute approximate surface area is 160 Å². The lowest BCUT2D eigenvalue weighted by molar-refractivity contribution is -0.152. The Bertz CT molecular complexity index is 665. The number of aliphatic hydroxyl groups is 1. The second kappa shape index (κ2) is 8.40. The summed E-state index contributed by atoms with van der Waals surface area (Å²) < 4.78 is 0. The average molecular weight is 374 g/mol. The van der Waals surface area contributed by atoms with Crippen LogP contribution in [0.1, 0.15) is 56.9 Å². The van der Waals surface area contributed by atoms with Crippen molar-refractivity contribution in [2.45, 2.75) is 57.0 Å². The van der Waals surface area contributed by atoms with Crippen LogP contribution in [-0.4, -0.2) is 45.7 Å². The molecule has 3 rings (SSSR count). The Kier molecular flexibility index (Phi) is 6.17. The fraction of sp³-hybridized carbons (Fsp3) is 0.619. The standard InChI is InChI=1S/C21H30N2O4/c1-2-10-21(26)11-8-17(18(13-21)19(24)22-27)20(25)23-12-9-16(14-23)15-6-4-3-5-7-15/h3-7,16-18,26-27H,2,8-14H2,1H3,(H,22,24)/t16-,17-,18-,21+/m0/s1. The lowest BCUT2D eigenvalue weighted by Gasteiger charge is -2.41. The third kappa shape index (κ3) is 4.33. The smallest absolute Gasteiger partial charge is 0.247 e. The highest BCUT2D eigenvalue weighted by atomic mass is 16.5. The highest BCUT2D eigenvalue weighted by Gasteiger charge is 2.46. The van der Waals surface area contributed by atoms with Crippen molar-refractivity contribution >= 4 is 11.8 Å².